The summed E-state index contributed by atoms with van der Waals surface area (Å²) in [7, 11) is 0. The molecule has 1 fully saturated rings. The number of amides is 1. The molecule has 1 aliphatic rings. The lowest BCUT2D eigenvalue weighted by atomic mass is 9.92. The van der Waals surface area contributed by atoms with Gasteiger partial charge in [-0.2, -0.15) is 5.10 Å². The molecule has 0 aliphatic carbocycles. The molecule has 1 amide bonds. The van der Waals surface area contributed by atoms with E-state index in [2.05, 4.69) is 39.0 Å². The molecule has 0 N–H and O–H groups in total. The molecule has 26 heavy (non-hydrogen) atoms. The number of rotatable bonds is 2. The fraction of sp³-hybridized carbons (Fsp3) is 0.429. The van der Waals surface area contributed by atoms with Gasteiger partial charge in [0.2, 0.25) is 0 Å². The van der Waals surface area contributed by atoms with Crippen LogP contribution in [0.1, 0.15) is 41.2 Å². The van der Waals surface area contributed by atoms with Crippen molar-refractivity contribution >= 4 is 27.5 Å². The van der Waals surface area contributed by atoms with Gasteiger partial charge in [-0.15, -0.1) is 11.3 Å². The summed E-state index contributed by atoms with van der Waals surface area (Å²) in [6.45, 7) is 10.3. The third kappa shape index (κ3) is 3.05. The van der Waals surface area contributed by atoms with Crippen LogP contribution in [0.4, 0.5) is 0 Å². The molecule has 0 saturated carbocycles. The minimum Gasteiger partial charge on any atom is -0.337 e. The Morgan fingerprint density at radius 1 is 1.15 bits per heavy atom. The molecule has 1 aliphatic heterocycles. The van der Waals surface area contributed by atoms with Crippen LogP contribution < -0.4 is 0 Å². The lowest BCUT2D eigenvalue weighted by molar-refractivity contribution is 0.0628. The summed E-state index contributed by atoms with van der Waals surface area (Å²) in [4.78, 5) is 17.0. The second-order valence-electron chi connectivity index (χ2n) is 7.82. The molecule has 136 valence electrons. The van der Waals surface area contributed by atoms with Gasteiger partial charge in [-0.05, 0) is 55.9 Å². The predicted octanol–water partition coefficient (Wildman–Crippen LogP) is 4.82. The highest BCUT2D eigenvalue weighted by atomic mass is 32.1. The first kappa shape index (κ1) is 17.3. The average Bonchev–Trinajstić information content (AvgIpc) is 3.14. The van der Waals surface area contributed by atoms with E-state index >= 15 is 0 Å². The molecule has 2 atom stereocenters. The molecule has 5 heteroatoms. The van der Waals surface area contributed by atoms with Crippen LogP contribution in [-0.2, 0) is 0 Å². The molecule has 2 unspecified atom stereocenters. The predicted molar refractivity (Wildman–Crippen MR) is 107 cm³/mol. The number of benzene rings is 1. The summed E-state index contributed by atoms with van der Waals surface area (Å²) in [6, 6.07) is 10.3. The third-order valence-electron chi connectivity index (χ3n) is 5.16. The van der Waals surface area contributed by atoms with Crippen LogP contribution in [0.5, 0.6) is 0 Å². The number of nitrogens with zero attached hydrogens (tertiary/aromatic N) is 3. The highest BCUT2D eigenvalue weighted by Crippen LogP contribution is 2.32. The highest BCUT2D eigenvalue weighted by Gasteiger charge is 2.28. The minimum absolute atomic E-state index is 0.166. The lowest BCUT2D eigenvalue weighted by Gasteiger charge is -2.34. The molecule has 1 aromatic carbocycles. The summed E-state index contributed by atoms with van der Waals surface area (Å²) in [5.41, 5.74) is 3.22. The molecule has 1 saturated heterocycles. The molecule has 3 aromatic rings. The van der Waals surface area contributed by atoms with Crippen LogP contribution in [0.25, 0.3) is 15.9 Å². The first-order valence-electron chi connectivity index (χ1n) is 9.28. The number of carbonyl (C=O) groups excluding carboxylic acids is 1. The van der Waals surface area contributed by atoms with Gasteiger partial charge in [0, 0.05) is 18.5 Å². The average molecular weight is 368 g/mol. The van der Waals surface area contributed by atoms with Crippen molar-refractivity contribution in [2.45, 2.75) is 34.1 Å². The van der Waals surface area contributed by atoms with E-state index in [4.69, 9.17) is 5.10 Å². The summed E-state index contributed by atoms with van der Waals surface area (Å²) < 4.78 is 1.97. The van der Waals surface area contributed by atoms with Gasteiger partial charge in [0.1, 0.15) is 4.83 Å². The molecule has 2 aromatic heterocycles. The van der Waals surface area contributed by atoms with Gasteiger partial charge < -0.3 is 4.90 Å². The van der Waals surface area contributed by atoms with Crippen LogP contribution in [0.2, 0.25) is 0 Å². The van der Waals surface area contributed by atoms with Crippen LogP contribution in [0.3, 0.4) is 0 Å². The number of carbonyl (C=O) groups is 1. The molecule has 3 heterocycles. The number of hydrogen-bond acceptors (Lipinski definition) is 3. The lowest BCUT2D eigenvalue weighted by Crippen LogP contribution is -2.42. The second kappa shape index (κ2) is 6.54. The van der Waals surface area contributed by atoms with Crippen molar-refractivity contribution in [1.29, 1.82) is 0 Å². The first-order valence-corrected chi connectivity index (χ1v) is 10.1. The van der Waals surface area contributed by atoms with Gasteiger partial charge in [0.05, 0.1) is 16.3 Å². The van der Waals surface area contributed by atoms with E-state index in [1.165, 1.54) is 12.0 Å². The quantitative estimate of drug-likeness (QED) is 0.651. The Kier molecular flexibility index (Phi) is 4.35. The number of likely N-dealkylation sites (tertiary alicyclic amines) is 1. The van der Waals surface area contributed by atoms with Gasteiger partial charge in [-0.3, -0.25) is 4.79 Å². The van der Waals surface area contributed by atoms with E-state index in [-0.39, 0.29) is 5.91 Å². The smallest absolute Gasteiger partial charge is 0.264 e. The number of hydrogen-bond donors (Lipinski definition) is 0. The van der Waals surface area contributed by atoms with Crippen LogP contribution in [-0.4, -0.2) is 33.7 Å². The van der Waals surface area contributed by atoms with Gasteiger partial charge in [-0.25, -0.2) is 4.68 Å². The Balaban J connectivity index is 1.72. The van der Waals surface area contributed by atoms with Crippen LogP contribution in [0.15, 0.2) is 30.3 Å². The van der Waals surface area contributed by atoms with Crippen LogP contribution >= 0.6 is 11.3 Å². The SMILES string of the molecule is Cc1cccc(-n2nc(C)c3cc(C(=O)N4CC(C)CC(C)C4)sc32)c1. The second-order valence-corrected chi connectivity index (χ2v) is 8.85. The maximum absolute atomic E-state index is 13.1. The molecule has 4 nitrogen and oxygen atoms in total. The molecular weight excluding hydrogens is 342 g/mol. The molecule has 0 radical (unpaired) electrons. The number of aryl methyl sites for hydroxylation is 2. The zero-order valence-electron chi connectivity index (χ0n) is 15.8. The van der Waals surface area contributed by atoms with Crippen LogP contribution in [0, 0.1) is 25.7 Å². The zero-order valence-corrected chi connectivity index (χ0v) is 16.6. The van der Waals surface area contributed by atoms with Crippen molar-refractivity contribution < 1.29 is 4.79 Å². The molecule has 0 spiro atoms. The van der Waals surface area contributed by atoms with Crippen molar-refractivity contribution in [3.05, 3.63) is 46.5 Å². The Labute approximate surface area is 158 Å². The largest absolute Gasteiger partial charge is 0.337 e. The van der Waals surface area contributed by atoms with E-state index in [1.54, 1.807) is 11.3 Å². The molecule has 0 bridgehead atoms. The van der Waals surface area contributed by atoms with Crippen molar-refractivity contribution in [3.63, 3.8) is 0 Å². The third-order valence-corrected chi connectivity index (χ3v) is 6.26. The van der Waals surface area contributed by atoms with Crippen molar-refractivity contribution in [3.8, 4) is 5.69 Å². The van der Waals surface area contributed by atoms with E-state index < -0.39 is 0 Å². The zero-order chi connectivity index (χ0) is 18.4. The molecule has 4 rings (SSSR count). The van der Waals surface area contributed by atoms with Crippen molar-refractivity contribution in [2.75, 3.05) is 13.1 Å². The van der Waals surface area contributed by atoms with Gasteiger partial charge in [0.15, 0.2) is 0 Å². The van der Waals surface area contributed by atoms with Gasteiger partial charge in [-0.1, -0.05) is 26.0 Å². The Hall–Kier alpha value is -2.14. The Morgan fingerprint density at radius 3 is 2.58 bits per heavy atom. The summed E-state index contributed by atoms with van der Waals surface area (Å²) in [5.74, 6) is 1.31. The Morgan fingerprint density at radius 2 is 1.88 bits per heavy atom. The maximum atomic E-state index is 13.1. The monoisotopic (exact) mass is 367 g/mol. The number of aromatic nitrogens is 2. The van der Waals surface area contributed by atoms with Crippen molar-refractivity contribution in [2.24, 2.45) is 11.8 Å². The van der Waals surface area contributed by atoms with Gasteiger partial charge in [0.25, 0.3) is 5.91 Å². The summed E-state index contributed by atoms with van der Waals surface area (Å²) in [5, 5.41) is 5.78. The van der Waals surface area contributed by atoms with E-state index in [0.717, 1.165) is 39.6 Å². The normalized spacial score (nSPS) is 20.7. The number of fused-ring (bicyclic) bond motifs is 1. The fourth-order valence-electron chi connectivity index (χ4n) is 4.07. The fourth-order valence-corrected chi connectivity index (χ4v) is 5.22. The number of piperidine rings is 1. The number of thiophene rings is 1. The summed E-state index contributed by atoms with van der Waals surface area (Å²) >= 11 is 1.56. The highest BCUT2D eigenvalue weighted by molar-refractivity contribution is 7.20. The topological polar surface area (TPSA) is 38.1 Å². The summed E-state index contributed by atoms with van der Waals surface area (Å²) in [6.07, 6.45) is 1.21. The van der Waals surface area contributed by atoms with E-state index in [0.29, 0.717) is 11.8 Å². The standard InChI is InChI=1S/C21H25N3OS/c1-13-6-5-7-17(9-13)24-21-18(16(4)22-24)10-19(26-21)20(25)23-11-14(2)8-15(3)12-23/h5-7,9-10,14-15H,8,11-12H2,1-4H3. The minimum atomic E-state index is 0.166. The van der Waals surface area contributed by atoms with E-state index in [9.17, 15) is 4.79 Å². The molecular formula is C21H25N3OS. The van der Waals surface area contributed by atoms with Crippen molar-refractivity contribution in [1.82, 2.24) is 14.7 Å². The Bertz CT molecular complexity index is 961. The first-order chi connectivity index (χ1) is 12.4. The van der Waals surface area contributed by atoms with Gasteiger partial charge >= 0.3 is 0 Å². The maximum Gasteiger partial charge on any atom is 0.264 e. The van der Waals surface area contributed by atoms with E-state index in [1.807, 2.05) is 28.6 Å².